The van der Waals surface area contributed by atoms with Crippen molar-refractivity contribution in [3.05, 3.63) is 10.6 Å². The molecule has 0 unspecified atom stereocenters. The normalized spacial score (nSPS) is 19.5. The molecular formula is C16H30N4S. The highest BCUT2D eigenvalue weighted by Crippen LogP contribution is 2.30. The number of aryl methyl sites for hydroxylation is 1. The van der Waals surface area contributed by atoms with Crippen molar-refractivity contribution in [2.75, 3.05) is 31.6 Å². The summed E-state index contributed by atoms with van der Waals surface area (Å²) in [4.78, 5) is 11.2. The summed E-state index contributed by atoms with van der Waals surface area (Å²) in [6.45, 7) is 15.4. The lowest BCUT2D eigenvalue weighted by Crippen LogP contribution is -2.57. The number of nitrogens with one attached hydrogen (secondary N) is 1. The zero-order chi connectivity index (χ0) is 15.6. The lowest BCUT2D eigenvalue weighted by Gasteiger charge is -2.45. The third kappa shape index (κ3) is 3.96. The van der Waals surface area contributed by atoms with Gasteiger partial charge in [-0.15, -0.1) is 11.3 Å². The van der Waals surface area contributed by atoms with Crippen LogP contribution in [0.25, 0.3) is 0 Å². The highest BCUT2D eigenvalue weighted by atomic mass is 32.1. The number of nitrogens with zero attached hydrogens (tertiary/aromatic N) is 3. The van der Waals surface area contributed by atoms with Gasteiger partial charge in [0.15, 0.2) is 5.13 Å². The molecule has 0 saturated carbocycles. The first kappa shape index (κ1) is 16.7. The van der Waals surface area contributed by atoms with Crippen LogP contribution in [0.4, 0.5) is 5.13 Å². The van der Waals surface area contributed by atoms with Gasteiger partial charge in [0.25, 0.3) is 0 Å². The van der Waals surface area contributed by atoms with E-state index in [4.69, 9.17) is 4.98 Å². The molecule has 0 aromatic carbocycles. The summed E-state index contributed by atoms with van der Waals surface area (Å²) in [6, 6.07) is 0.517. The fourth-order valence-corrected chi connectivity index (χ4v) is 3.74. The second kappa shape index (κ2) is 6.63. The fourth-order valence-electron chi connectivity index (χ4n) is 2.62. The minimum Gasteiger partial charge on any atom is -0.345 e. The molecule has 4 nitrogen and oxygen atoms in total. The van der Waals surface area contributed by atoms with Gasteiger partial charge in [0.2, 0.25) is 0 Å². The Bertz CT molecular complexity index is 467. The third-order valence-electron chi connectivity index (χ3n) is 4.36. The van der Waals surface area contributed by atoms with Crippen molar-refractivity contribution in [2.45, 2.75) is 59.2 Å². The van der Waals surface area contributed by atoms with Crippen LogP contribution < -0.4 is 10.2 Å². The van der Waals surface area contributed by atoms with E-state index in [1.165, 1.54) is 15.7 Å². The van der Waals surface area contributed by atoms with E-state index in [0.29, 0.717) is 6.04 Å². The van der Waals surface area contributed by atoms with Gasteiger partial charge in [-0.2, -0.15) is 0 Å². The second-order valence-corrected chi connectivity index (χ2v) is 7.97. The Balaban J connectivity index is 2.13. The van der Waals surface area contributed by atoms with Crippen LogP contribution >= 0.6 is 11.3 Å². The first-order valence-electron chi connectivity index (χ1n) is 8.01. The van der Waals surface area contributed by atoms with Gasteiger partial charge < -0.3 is 10.2 Å². The van der Waals surface area contributed by atoms with Crippen LogP contribution in [0.3, 0.4) is 0 Å². The van der Waals surface area contributed by atoms with E-state index in [9.17, 15) is 0 Å². The summed E-state index contributed by atoms with van der Waals surface area (Å²) >= 11 is 1.87. The Kier molecular flexibility index (Phi) is 5.28. The highest BCUT2D eigenvalue weighted by Gasteiger charge is 2.32. The van der Waals surface area contributed by atoms with E-state index in [0.717, 1.165) is 32.6 Å². The van der Waals surface area contributed by atoms with Crippen molar-refractivity contribution in [3.8, 4) is 0 Å². The monoisotopic (exact) mass is 310 g/mol. The Hall–Kier alpha value is -0.650. The lowest BCUT2D eigenvalue weighted by atomic mass is 10.0. The molecular weight excluding hydrogens is 280 g/mol. The van der Waals surface area contributed by atoms with Gasteiger partial charge in [-0.3, -0.25) is 4.90 Å². The molecule has 1 fully saturated rings. The average molecular weight is 311 g/mol. The molecule has 5 heteroatoms. The molecule has 0 amide bonds. The van der Waals surface area contributed by atoms with Crippen LogP contribution in [0.15, 0.2) is 0 Å². The van der Waals surface area contributed by atoms with Gasteiger partial charge in [0.05, 0.1) is 5.69 Å². The van der Waals surface area contributed by atoms with Crippen LogP contribution in [0.5, 0.6) is 0 Å². The predicted molar refractivity (Wildman–Crippen MR) is 92.4 cm³/mol. The van der Waals surface area contributed by atoms with Crippen molar-refractivity contribution in [1.29, 1.82) is 0 Å². The summed E-state index contributed by atoms with van der Waals surface area (Å²) in [5, 5.41) is 4.72. The van der Waals surface area contributed by atoms with Crippen LogP contribution in [0.2, 0.25) is 0 Å². The summed E-state index contributed by atoms with van der Waals surface area (Å²) in [7, 11) is 2.22. The average Bonchev–Trinajstić information content (AvgIpc) is 2.82. The van der Waals surface area contributed by atoms with Crippen molar-refractivity contribution in [1.82, 2.24) is 15.2 Å². The first-order valence-corrected chi connectivity index (χ1v) is 8.83. The molecule has 0 atom stereocenters. The molecule has 1 N–H and O–H groups in total. The van der Waals surface area contributed by atoms with Crippen molar-refractivity contribution in [3.63, 3.8) is 0 Å². The Morgan fingerprint density at radius 2 is 2.05 bits per heavy atom. The quantitative estimate of drug-likeness (QED) is 0.906. The maximum absolute atomic E-state index is 4.91. The molecule has 2 rings (SSSR count). The minimum atomic E-state index is 0.215. The van der Waals surface area contributed by atoms with Crippen molar-refractivity contribution in [2.24, 2.45) is 0 Å². The van der Waals surface area contributed by atoms with Crippen LogP contribution in [0.1, 0.15) is 45.2 Å². The van der Waals surface area contributed by atoms with Crippen molar-refractivity contribution < 1.29 is 0 Å². The zero-order valence-electron chi connectivity index (χ0n) is 14.4. The number of rotatable bonds is 5. The van der Waals surface area contributed by atoms with Crippen LogP contribution in [0, 0.1) is 0 Å². The largest absolute Gasteiger partial charge is 0.345 e. The van der Waals surface area contributed by atoms with Gasteiger partial charge in [-0.05, 0) is 27.3 Å². The maximum Gasteiger partial charge on any atom is 0.185 e. The van der Waals surface area contributed by atoms with Crippen LogP contribution in [-0.4, -0.2) is 48.1 Å². The molecule has 21 heavy (non-hydrogen) atoms. The molecule has 0 bridgehead atoms. The Morgan fingerprint density at radius 1 is 1.33 bits per heavy atom. The van der Waals surface area contributed by atoms with Gasteiger partial charge in [0.1, 0.15) is 0 Å². The number of hydrogen-bond donors (Lipinski definition) is 1. The van der Waals surface area contributed by atoms with Gasteiger partial charge in [0, 0.05) is 42.6 Å². The van der Waals surface area contributed by atoms with Gasteiger partial charge in [-0.1, -0.05) is 20.8 Å². The standard InChI is InChI=1S/C16H30N4S/c1-7-13-14(10-17-12(2)3)21-15(18-13)20-9-8-19(6)16(4,5)11-20/h12,17H,7-11H2,1-6H3. The molecule has 0 spiro atoms. The SMILES string of the molecule is CCc1nc(N2CCN(C)C(C)(C)C2)sc1CNC(C)C. The topological polar surface area (TPSA) is 31.4 Å². The number of thiazole rings is 1. The molecule has 1 aliphatic rings. The number of aromatic nitrogens is 1. The Labute approximate surface area is 133 Å². The minimum absolute atomic E-state index is 0.215. The molecule has 120 valence electrons. The van der Waals surface area contributed by atoms with E-state index in [1.807, 2.05) is 11.3 Å². The fraction of sp³-hybridized carbons (Fsp3) is 0.812. The highest BCUT2D eigenvalue weighted by molar-refractivity contribution is 7.15. The summed E-state index contributed by atoms with van der Waals surface area (Å²) < 4.78 is 0. The van der Waals surface area contributed by atoms with Gasteiger partial charge >= 0.3 is 0 Å². The third-order valence-corrected chi connectivity index (χ3v) is 5.52. The molecule has 1 aromatic rings. The summed E-state index contributed by atoms with van der Waals surface area (Å²) in [6.07, 6.45) is 1.02. The molecule has 1 aliphatic heterocycles. The first-order chi connectivity index (χ1) is 9.83. The van der Waals surface area contributed by atoms with E-state index >= 15 is 0 Å². The zero-order valence-corrected chi connectivity index (χ0v) is 15.2. The van der Waals surface area contributed by atoms with E-state index in [2.05, 4.69) is 56.8 Å². The molecule has 0 radical (unpaired) electrons. The number of anilines is 1. The molecule has 1 saturated heterocycles. The van der Waals surface area contributed by atoms with E-state index in [1.54, 1.807) is 0 Å². The van der Waals surface area contributed by atoms with Crippen molar-refractivity contribution >= 4 is 16.5 Å². The summed E-state index contributed by atoms with van der Waals surface area (Å²) in [5.74, 6) is 0. The van der Waals surface area contributed by atoms with Crippen LogP contribution in [-0.2, 0) is 13.0 Å². The summed E-state index contributed by atoms with van der Waals surface area (Å²) in [5.41, 5.74) is 1.48. The van der Waals surface area contributed by atoms with E-state index < -0.39 is 0 Å². The van der Waals surface area contributed by atoms with E-state index in [-0.39, 0.29) is 5.54 Å². The number of likely N-dealkylation sites (N-methyl/N-ethyl adjacent to an activating group) is 1. The smallest absolute Gasteiger partial charge is 0.185 e. The number of piperazine rings is 1. The lowest BCUT2D eigenvalue weighted by molar-refractivity contribution is 0.139. The molecule has 0 aliphatic carbocycles. The maximum atomic E-state index is 4.91. The molecule has 2 heterocycles. The number of hydrogen-bond acceptors (Lipinski definition) is 5. The van der Waals surface area contributed by atoms with Gasteiger partial charge in [-0.25, -0.2) is 4.98 Å². The Morgan fingerprint density at radius 3 is 2.62 bits per heavy atom. The second-order valence-electron chi connectivity index (χ2n) is 6.91. The molecule has 1 aromatic heterocycles. The predicted octanol–water partition coefficient (Wildman–Crippen LogP) is 2.73.